The van der Waals surface area contributed by atoms with E-state index in [2.05, 4.69) is 0 Å². The third kappa shape index (κ3) is 2.88. The van der Waals surface area contributed by atoms with E-state index in [1.165, 1.54) is 0 Å². The highest BCUT2D eigenvalue weighted by atomic mass is 16.6. The van der Waals surface area contributed by atoms with Crippen LogP contribution >= 0.6 is 0 Å². The van der Waals surface area contributed by atoms with Crippen molar-refractivity contribution in [3.63, 3.8) is 0 Å². The fourth-order valence-electron chi connectivity index (χ4n) is 5.15. The molecule has 1 amide bonds. The van der Waals surface area contributed by atoms with Crippen molar-refractivity contribution in [2.75, 3.05) is 6.54 Å². The second-order valence-electron chi connectivity index (χ2n) is 8.58. The van der Waals surface area contributed by atoms with Crippen molar-refractivity contribution in [2.24, 2.45) is 11.8 Å². The fourth-order valence-corrected chi connectivity index (χ4v) is 5.15. The van der Waals surface area contributed by atoms with Gasteiger partial charge in [-0.05, 0) is 25.0 Å². The zero-order valence-electron chi connectivity index (χ0n) is 17.1. The molecule has 5 nitrogen and oxygen atoms in total. The molecule has 30 heavy (non-hydrogen) atoms. The van der Waals surface area contributed by atoms with Crippen molar-refractivity contribution < 1.29 is 19.1 Å². The monoisotopic (exact) mass is 403 g/mol. The van der Waals surface area contributed by atoms with Crippen molar-refractivity contribution in [1.29, 1.82) is 0 Å². The SMILES string of the molecule is CC(C)OC(=O)[C@H]1[C@H]2C(=O)N(C(c3ccccc3)c3ccccc3)C[C@@]23C=C[C@H]1O3. The normalized spacial score (nSPS) is 29.1. The van der Waals surface area contributed by atoms with Crippen LogP contribution in [0.25, 0.3) is 0 Å². The summed E-state index contributed by atoms with van der Waals surface area (Å²) in [6.07, 6.45) is 3.27. The van der Waals surface area contributed by atoms with Gasteiger partial charge >= 0.3 is 5.97 Å². The van der Waals surface area contributed by atoms with Crippen molar-refractivity contribution in [3.05, 3.63) is 83.9 Å². The van der Waals surface area contributed by atoms with Gasteiger partial charge in [0.25, 0.3) is 0 Å². The molecule has 0 N–H and O–H groups in total. The molecule has 2 fully saturated rings. The van der Waals surface area contributed by atoms with Crippen molar-refractivity contribution in [3.8, 4) is 0 Å². The second kappa shape index (κ2) is 7.10. The lowest BCUT2D eigenvalue weighted by Gasteiger charge is -2.31. The first kappa shape index (κ1) is 19.1. The Bertz CT molecular complexity index is 947. The summed E-state index contributed by atoms with van der Waals surface area (Å²) in [6, 6.07) is 19.8. The Hall–Kier alpha value is -2.92. The summed E-state index contributed by atoms with van der Waals surface area (Å²) in [5.41, 5.74) is 1.31. The third-order valence-corrected chi connectivity index (χ3v) is 6.30. The van der Waals surface area contributed by atoms with Crippen LogP contribution in [0.15, 0.2) is 72.8 Å². The lowest BCUT2D eigenvalue weighted by molar-refractivity contribution is -0.157. The number of nitrogens with zero attached hydrogens (tertiary/aromatic N) is 1. The van der Waals surface area contributed by atoms with Crippen LogP contribution in [0.2, 0.25) is 0 Å². The molecule has 0 aromatic heterocycles. The van der Waals surface area contributed by atoms with Gasteiger partial charge in [0.15, 0.2) is 0 Å². The molecular formula is C25H25NO4. The zero-order valence-corrected chi connectivity index (χ0v) is 17.1. The predicted octanol–water partition coefficient (Wildman–Crippen LogP) is 3.51. The van der Waals surface area contributed by atoms with Gasteiger partial charge in [-0.3, -0.25) is 9.59 Å². The summed E-state index contributed by atoms with van der Waals surface area (Å²) >= 11 is 0. The Morgan fingerprint density at radius 3 is 2.23 bits per heavy atom. The topological polar surface area (TPSA) is 55.8 Å². The molecular weight excluding hydrogens is 378 g/mol. The number of carbonyl (C=O) groups excluding carboxylic acids is 2. The van der Waals surface area contributed by atoms with Crippen LogP contribution in [0, 0.1) is 11.8 Å². The van der Waals surface area contributed by atoms with Gasteiger partial charge in [0.05, 0.1) is 30.7 Å². The Kier molecular flexibility index (Phi) is 4.51. The highest BCUT2D eigenvalue weighted by Crippen LogP contribution is 2.54. The Morgan fingerprint density at radius 1 is 1.07 bits per heavy atom. The van der Waals surface area contributed by atoms with Gasteiger partial charge in [0.2, 0.25) is 5.91 Å². The van der Waals surface area contributed by atoms with E-state index in [0.29, 0.717) is 6.54 Å². The number of benzene rings is 2. The van der Waals surface area contributed by atoms with Crippen molar-refractivity contribution in [2.45, 2.75) is 37.7 Å². The maximum atomic E-state index is 13.8. The van der Waals surface area contributed by atoms with Gasteiger partial charge in [-0.1, -0.05) is 72.8 Å². The largest absolute Gasteiger partial charge is 0.463 e. The van der Waals surface area contributed by atoms with Gasteiger partial charge in [0.1, 0.15) is 11.5 Å². The number of fused-ring (bicyclic) bond motifs is 1. The number of hydrogen-bond donors (Lipinski definition) is 0. The van der Waals surface area contributed by atoms with Crippen LogP contribution in [-0.4, -0.2) is 41.1 Å². The van der Waals surface area contributed by atoms with Gasteiger partial charge in [0, 0.05) is 0 Å². The number of ether oxygens (including phenoxy) is 2. The van der Waals surface area contributed by atoms with E-state index in [9.17, 15) is 9.59 Å². The summed E-state index contributed by atoms with van der Waals surface area (Å²) in [4.78, 5) is 28.5. The highest BCUT2D eigenvalue weighted by molar-refractivity contribution is 5.91. The average Bonchev–Trinajstić information content (AvgIpc) is 3.38. The number of carbonyl (C=O) groups is 2. The fraction of sp³-hybridized carbons (Fsp3) is 0.360. The van der Waals surface area contributed by atoms with Crippen molar-refractivity contribution >= 4 is 11.9 Å². The van der Waals surface area contributed by atoms with Crippen molar-refractivity contribution in [1.82, 2.24) is 4.90 Å². The predicted molar refractivity (Wildman–Crippen MR) is 111 cm³/mol. The summed E-state index contributed by atoms with van der Waals surface area (Å²) in [7, 11) is 0. The first-order valence-corrected chi connectivity index (χ1v) is 10.5. The van der Waals surface area contributed by atoms with E-state index in [0.717, 1.165) is 11.1 Å². The van der Waals surface area contributed by atoms with Crippen LogP contribution in [0.4, 0.5) is 0 Å². The number of hydrogen-bond acceptors (Lipinski definition) is 4. The number of rotatable bonds is 5. The Labute approximate surface area is 176 Å². The second-order valence-corrected chi connectivity index (χ2v) is 8.58. The molecule has 3 aliphatic heterocycles. The van der Waals surface area contributed by atoms with E-state index in [1.54, 1.807) is 0 Å². The molecule has 3 aliphatic rings. The molecule has 2 saturated heterocycles. The molecule has 5 heteroatoms. The first-order valence-electron chi connectivity index (χ1n) is 10.5. The molecule has 0 aliphatic carbocycles. The Morgan fingerprint density at radius 2 is 1.67 bits per heavy atom. The van der Waals surface area contributed by atoms with E-state index in [-0.39, 0.29) is 30.1 Å². The molecule has 2 aromatic carbocycles. The summed E-state index contributed by atoms with van der Waals surface area (Å²) in [5.74, 6) is -1.54. The van der Waals surface area contributed by atoms with E-state index in [1.807, 2.05) is 91.6 Å². The number of likely N-dealkylation sites (tertiary alicyclic amines) is 1. The van der Waals surface area contributed by atoms with Gasteiger partial charge in [-0.15, -0.1) is 0 Å². The summed E-state index contributed by atoms with van der Waals surface area (Å²) in [5, 5.41) is 0. The smallest absolute Gasteiger partial charge is 0.313 e. The molecule has 0 radical (unpaired) electrons. The average molecular weight is 403 g/mol. The third-order valence-electron chi connectivity index (χ3n) is 6.30. The molecule has 1 spiro atoms. The maximum Gasteiger partial charge on any atom is 0.313 e. The molecule has 4 atom stereocenters. The van der Waals surface area contributed by atoms with E-state index >= 15 is 0 Å². The lowest BCUT2D eigenvalue weighted by atomic mass is 9.77. The van der Waals surface area contributed by atoms with Gasteiger partial charge in [-0.25, -0.2) is 0 Å². The highest BCUT2D eigenvalue weighted by Gasteiger charge is 2.68. The van der Waals surface area contributed by atoms with E-state index < -0.39 is 17.4 Å². The van der Waals surface area contributed by atoms with Crippen LogP contribution in [0.1, 0.15) is 31.0 Å². The first-order chi connectivity index (χ1) is 14.5. The quantitative estimate of drug-likeness (QED) is 0.566. The number of amides is 1. The molecule has 0 saturated carbocycles. The molecule has 154 valence electrons. The lowest BCUT2D eigenvalue weighted by Crippen LogP contribution is -2.40. The minimum atomic E-state index is -0.760. The standard InChI is InChI=1S/C25H25NO4/c1-16(2)29-24(28)20-19-13-14-25(30-19)15-26(23(27)21(20)25)22(17-9-5-3-6-10-17)18-11-7-4-8-12-18/h3-14,16,19-22H,15H2,1-2H3/t19-,20-,21+,25+/m1/s1. The maximum absolute atomic E-state index is 13.8. The van der Waals surface area contributed by atoms with Gasteiger partial charge in [-0.2, -0.15) is 0 Å². The minimum Gasteiger partial charge on any atom is -0.463 e. The molecule has 2 bridgehead atoms. The summed E-state index contributed by atoms with van der Waals surface area (Å²) < 4.78 is 11.7. The van der Waals surface area contributed by atoms with E-state index in [4.69, 9.17) is 9.47 Å². The van der Waals surface area contributed by atoms with Gasteiger partial charge < -0.3 is 14.4 Å². The minimum absolute atomic E-state index is 0.0507. The summed E-state index contributed by atoms with van der Waals surface area (Å²) in [6.45, 7) is 4.06. The molecule has 0 unspecified atom stereocenters. The van der Waals surface area contributed by atoms with Crippen LogP contribution in [0.3, 0.4) is 0 Å². The van der Waals surface area contributed by atoms with Crippen LogP contribution in [-0.2, 0) is 19.1 Å². The zero-order chi connectivity index (χ0) is 20.9. The molecule has 2 aromatic rings. The Balaban J connectivity index is 1.54. The number of esters is 1. The van der Waals surface area contributed by atoms with Crippen LogP contribution < -0.4 is 0 Å². The molecule has 5 rings (SSSR count). The molecule has 3 heterocycles. The van der Waals surface area contributed by atoms with Crippen LogP contribution in [0.5, 0.6) is 0 Å².